The first-order valence-corrected chi connectivity index (χ1v) is 8.60. The van der Waals surface area contributed by atoms with E-state index in [2.05, 4.69) is 39.4 Å². The number of halogens is 1. The molecule has 2 aromatic rings. The van der Waals surface area contributed by atoms with Crippen LogP contribution in [0.5, 0.6) is 0 Å². The van der Waals surface area contributed by atoms with E-state index in [1.807, 2.05) is 29.5 Å². The number of nitrogens with one attached hydrogen (secondary N) is 1. The Labute approximate surface area is 137 Å². The summed E-state index contributed by atoms with van der Waals surface area (Å²) in [5.41, 5.74) is 2.39. The fraction of sp³-hybridized carbons (Fsp3) is 0.312. The van der Waals surface area contributed by atoms with Crippen LogP contribution in [0.1, 0.15) is 10.4 Å². The van der Waals surface area contributed by atoms with Crippen LogP contribution in [-0.2, 0) is 17.8 Å². The predicted molar refractivity (Wildman–Crippen MR) is 90.6 cm³/mol. The van der Waals surface area contributed by atoms with Crippen molar-refractivity contribution in [3.8, 4) is 0 Å². The number of rotatable bonds is 3. The molecule has 1 aromatic heterocycles. The molecule has 1 aliphatic rings. The SMILES string of the molecule is CN(Cc1cc(Br)cs1)C(=O)C1CNc2ccccc2C1. The Bertz CT molecular complexity index is 655. The van der Waals surface area contributed by atoms with E-state index >= 15 is 0 Å². The summed E-state index contributed by atoms with van der Waals surface area (Å²) < 4.78 is 1.08. The lowest BCUT2D eigenvalue weighted by molar-refractivity contribution is -0.134. The topological polar surface area (TPSA) is 32.3 Å². The number of hydrogen-bond acceptors (Lipinski definition) is 3. The smallest absolute Gasteiger partial charge is 0.227 e. The van der Waals surface area contributed by atoms with Gasteiger partial charge in [0.1, 0.15) is 0 Å². The standard InChI is InChI=1S/C16H17BrN2OS/c1-19(9-14-7-13(17)10-21-14)16(20)12-6-11-4-2-3-5-15(11)18-8-12/h2-5,7,10,12,18H,6,8-9H2,1H3. The van der Waals surface area contributed by atoms with Crippen LogP contribution in [0.4, 0.5) is 5.69 Å². The highest BCUT2D eigenvalue weighted by Crippen LogP contribution is 2.26. The van der Waals surface area contributed by atoms with Gasteiger partial charge in [0.25, 0.3) is 0 Å². The highest BCUT2D eigenvalue weighted by Gasteiger charge is 2.26. The van der Waals surface area contributed by atoms with E-state index in [0.29, 0.717) is 13.1 Å². The van der Waals surface area contributed by atoms with Crippen molar-refractivity contribution < 1.29 is 4.79 Å². The van der Waals surface area contributed by atoms with E-state index in [1.54, 1.807) is 11.3 Å². The van der Waals surface area contributed by atoms with Crippen LogP contribution in [0.2, 0.25) is 0 Å². The molecule has 2 heterocycles. The Morgan fingerprint density at radius 3 is 3.05 bits per heavy atom. The summed E-state index contributed by atoms with van der Waals surface area (Å²) in [6.45, 7) is 1.39. The van der Waals surface area contributed by atoms with Crippen LogP contribution in [0.3, 0.4) is 0 Å². The molecule has 110 valence electrons. The van der Waals surface area contributed by atoms with Gasteiger partial charge in [-0.3, -0.25) is 4.79 Å². The van der Waals surface area contributed by atoms with Crippen molar-refractivity contribution in [1.29, 1.82) is 0 Å². The first-order valence-electron chi connectivity index (χ1n) is 6.93. The second-order valence-electron chi connectivity index (χ2n) is 5.36. The maximum atomic E-state index is 12.6. The van der Waals surface area contributed by atoms with Gasteiger partial charge in [0.15, 0.2) is 0 Å². The molecule has 1 atom stereocenters. The molecule has 21 heavy (non-hydrogen) atoms. The minimum absolute atomic E-state index is 0.0216. The quantitative estimate of drug-likeness (QED) is 0.899. The lowest BCUT2D eigenvalue weighted by Crippen LogP contribution is -2.38. The number of fused-ring (bicyclic) bond motifs is 1. The monoisotopic (exact) mass is 364 g/mol. The Morgan fingerprint density at radius 1 is 1.48 bits per heavy atom. The van der Waals surface area contributed by atoms with Gasteiger partial charge in [-0.1, -0.05) is 18.2 Å². The van der Waals surface area contributed by atoms with Gasteiger partial charge in [-0.05, 0) is 40.0 Å². The molecule has 0 fully saturated rings. The van der Waals surface area contributed by atoms with Crippen molar-refractivity contribution in [3.05, 3.63) is 50.6 Å². The third kappa shape index (κ3) is 3.30. The van der Waals surface area contributed by atoms with Gasteiger partial charge < -0.3 is 10.2 Å². The van der Waals surface area contributed by atoms with Crippen LogP contribution in [0, 0.1) is 5.92 Å². The number of carbonyl (C=O) groups excluding carboxylic acids is 1. The summed E-state index contributed by atoms with van der Waals surface area (Å²) in [6, 6.07) is 10.3. The van der Waals surface area contributed by atoms with Crippen molar-refractivity contribution in [3.63, 3.8) is 0 Å². The fourth-order valence-corrected chi connectivity index (χ4v) is 4.18. The lowest BCUT2D eigenvalue weighted by Gasteiger charge is -2.28. The largest absolute Gasteiger partial charge is 0.384 e. The van der Waals surface area contributed by atoms with Gasteiger partial charge >= 0.3 is 0 Å². The zero-order valence-corrected chi connectivity index (χ0v) is 14.2. The number of thiophene rings is 1. The van der Waals surface area contributed by atoms with Crippen LogP contribution >= 0.6 is 27.3 Å². The minimum atomic E-state index is 0.0216. The minimum Gasteiger partial charge on any atom is -0.384 e. The maximum absolute atomic E-state index is 12.6. The number of para-hydroxylation sites is 1. The normalized spacial score (nSPS) is 17.0. The number of nitrogens with zero attached hydrogens (tertiary/aromatic N) is 1. The molecule has 1 aliphatic heterocycles. The Balaban J connectivity index is 1.66. The van der Waals surface area contributed by atoms with E-state index in [4.69, 9.17) is 0 Å². The summed E-state index contributed by atoms with van der Waals surface area (Å²) >= 11 is 5.12. The maximum Gasteiger partial charge on any atom is 0.227 e. The number of hydrogen-bond donors (Lipinski definition) is 1. The summed E-state index contributed by atoms with van der Waals surface area (Å²) in [5, 5.41) is 5.41. The molecule has 0 spiro atoms. The van der Waals surface area contributed by atoms with Gasteiger partial charge in [0, 0.05) is 34.0 Å². The van der Waals surface area contributed by atoms with E-state index in [1.165, 1.54) is 10.4 Å². The zero-order valence-electron chi connectivity index (χ0n) is 11.8. The highest BCUT2D eigenvalue weighted by molar-refractivity contribution is 9.10. The first-order chi connectivity index (χ1) is 10.1. The van der Waals surface area contributed by atoms with Crippen molar-refractivity contribution in [2.45, 2.75) is 13.0 Å². The molecular weight excluding hydrogens is 348 g/mol. The summed E-state index contributed by atoms with van der Waals surface area (Å²) in [6.07, 6.45) is 0.820. The molecule has 1 N–H and O–H groups in total. The van der Waals surface area contributed by atoms with Crippen LogP contribution < -0.4 is 5.32 Å². The lowest BCUT2D eigenvalue weighted by atomic mass is 9.93. The molecule has 5 heteroatoms. The Morgan fingerprint density at radius 2 is 2.29 bits per heavy atom. The Kier molecular flexibility index (Phi) is 4.31. The highest BCUT2D eigenvalue weighted by atomic mass is 79.9. The van der Waals surface area contributed by atoms with Gasteiger partial charge in [-0.25, -0.2) is 0 Å². The molecule has 0 aliphatic carbocycles. The van der Waals surface area contributed by atoms with E-state index < -0.39 is 0 Å². The van der Waals surface area contributed by atoms with E-state index in [0.717, 1.165) is 16.6 Å². The molecule has 0 bridgehead atoms. The average Bonchev–Trinajstić information content (AvgIpc) is 2.91. The van der Waals surface area contributed by atoms with Gasteiger partial charge in [0.05, 0.1) is 12.5 Å². The van der Waals surface area contributed by atoms with Gasteiger partial charge in [-0.2, -0.15) is 0 Å². The number of anilines is 1. The molecule has 0 radical (unpaired) electrons. The van der Waals surface area contributed by atoms with E-state index in [-0.39, 0.29) is 11.8 Å². The molecule has 1 amide bonds. The molecule has 3 rings (SSSR count). The number of amides is 1. The second kappa shape index (κ2) is 6.20. The van der Waals surface area contributed by atoms with Gasteiger partial charge in [0.2, 0.25) is 5.91 Å². The molecule has 3 nitrogen and oxygen atoms in total. The summed E-state index contributed by atoms with van der Waals surface area (Å²) in [7, 11) is 1.89. The molecule has 0 saturated carbocycles. The molecule has 0 saturated heterocycles. The fourth-order valence-electron chi connectivity index (χ4n) is 2.68. The molecule has 1 unspecified atom stereocenters. The Hall–Kier alpha value is -1.33. The second-order valence-corrected chi connectivity index (χ2v) is 7.28. The number of carbonyl (C=O) groups is 1. The van der Waals surface area contributed by atoms with Crippen molar-refractivity contribution >= 4 is 38.9 Å². The van der Waals surface area contributed by atoms with E-state index in [9.17, 15) is 4.79 Å². The van der Waals surface area contributed by atoms with Crippen molar-refractivity contribution in [2.75, 3.05) is 18.9 Å². The summed E-state index contributed by atoms with van der Waals surface area (Å²) in [4.78, 5) is 15.6. The third-order valence-corrected chi connectivity index (χ3v) is 5.45. The third-order valence-electron chi connectivity index (χ3n) is 3.76. The predicted octanol–water partition coefficient (Wildman–Crippen LogP) is 3.75. The summed E-state index contributed by atoms with van der Waals surface area (Å²) in [5.74, 6) is 0.231. The molecular formula is C16H17BrN2OS. The van der Waals surface area contributed by atoms with Crippen molar-refractivity contribution in [1.82, 2.24) is 4.90 Å². The zero-order chi connectivity index (χ0) is 14.8. The van der Waals surface area contributed by atoms with Crippen LogP contribution in [0.25, 0.3) is 0 Å². The van der Waals surface area contributed by atoms with Crippen LogP contribution in [0.15, 0.2) is 40.2 Å². The van der Waals surface area contributed by atoms with Crippen molar-refractivity contribution in [2.24, 2.45) is 5.92 Å². The average molecular weight is 365 g/mol. The van der Waals surface area contributed by atoms with Crippen LogP contribution in [-0.4, -0.2) is 24.4 Å². The number of benzene rings is 1. The first kappa shape index (κ1) is 14.6. The molecule has 1 aromatic carbocycles. The van der Waals surface area contributed by atoms with Gasteiger partial charge in [-0.15, -0.1) is 11.3 Å².